The van der Waals surface area contributed by atoms with E-state index in [9.17, 15) is 0 Å². The van der Waals surface area contributed by atoms with Crippen molar-refractivity contribution in [1.29, 1.82) is 0 Å². The Morgan fingerprint density at radius 3 is 2.76 bits per heavy atom. The lowest BCUT2D eigenvalue weighted by Gasteiger charge is -2.23. The van der Waals surface area contributed by atoms with Crippen LogP contribution in [0.1, 0.15) is 31.2 Å². The van der Waals surface area contributed by atoms with Gasteiger partial charge < -0.3 is 15.0 Å². The normalized spacial score (nSPS) is 15.6. The molecule has 3 nitrogen and oxygen atoms in total. The predicted molar refractivity (Wildman–Crippen MR) is 90.3 cm³/mol. The Labute approximate surface area is 133 Å². The minimum absolute atomic E-state index is 0.722. The van der Waals surface area contributed by atoms with Crippen LogP contribution in [0.2, 0.25) is 5.02 Å². The van der Waals surface area contributed by atoms with Gasteiger partial charge in [0.25, 0.3) is 0 Å². The van der Waals surface area contributed by atoms with Gasteiger partial charge in [-0.2, -0.15) is 0 Å². The van der Waals surface area contributed by atoms with E-state index in [0.29, 0.717) is 0 Å². The van der Waals surface area contributed by atoms with E-state index in [2.05, 4.69) is 35.5 Å². The molecule has 1 saturated carbocycles. The number of anilines is 1. The highest BCUT2D eigenvalue weighted by Crippen LogP contribution is 2.28. The van der Waals surface area contributed by atoms with E-state index >= 15 is 0 Å². The molecule has 1 aromatic rings. The van der Waals surface area contributed by atoms with Crippen LogP contribution in [0, 0.1) is 5.92 Å². The molecule has 0 unspecified atom stereocenters. The van der Waals surface area contributed by atoms with Gasteiger partial charge in [-0.3, -0.25) is 0 Å². The zero-order valence-corrected chi connectivity index (χ0v) is 14.0. The number of hydrogen-bond donors (Lipinski definition) is 1. The van der Waals surface area contributed by atoms with Crippen molar-refractivity contribution in [1.82, 2.24) is 5.32 Å². The fourth-order valence-electron chi connectivity index (χ4n) is 3.00. The van der Waals surface area contributed by atoms with Crippen LogP contribution in [0.4, 0.5) is 5.69 Å². The number of benzene rings is 1. The van der Waals surface area contributed by atoms with Crippen molar-refractivity contribution in [2.75, 3.05) is 38.8 Å². The fourth-order valence-corrected chi connectivity index (χ4v) is 3.24. The van der Waals surface area contributed by atoms with Crippen LogP contribution in [0.15, 0.2) is 18.2 Å². The Morgan fingerprint density at radius 2 is 2.10 bits per heavy atom. The number of ether oxygens (including phenoxy) is 1. The summed E-state index contributed by atoms with van der Waals surface area (Å²) in [7, 11) is 3.88. The van der Waals surface area contributed by atoms with Gasteiger partial charge in [0.15, 0.2) is 0 Å². The zero-order chi connectivity index (χ0) is 15.1. The summed E-state index contributed by atoms with van der Waals surface area (Å²) in [5.74, 6) is 0.851. The van der Waals surface area contributed by atoms with Crippen molar-refractivity contribution in [2.24, 2.45) is 5.92 Å². The molecule has 0 saturated heterocycles. The van der Waals surface area contributed by atoms with Gasteiger partial charge in [-0.05, 0) is 36.5 Å². The van der Waals surface area contributed by atoms with Crippen LogP contribution in [-0.4, -0.2) is 33.9 Å². The molecule has 0 heterocycles. The minimum atomic E-state index is 0.722. The molecular weight excluding hydrogens is 284 g/mol. The average molecular weight is 311 g/mol. The van der Waals surface area contributed by atoms with Crippen molar-refractivity contribution in [2.45, 2.75) is 32.2 Å². The third kappa shape index (κ3) is 5.17. The van der Waals surface area contributed by atoms with Crippen molar-refractivity contribution in [3.63, 3.8) is 0 Å². The molecule has 1 aromatic carbocycles. The van der Waals surface area contributed by atoms with Crippen molar-refractivity contribution in [3.05, 3.63) is 28.8 Å². The Bertz CT molecular complexity index is 433. The third-order valence-electron chi connectivity index (χ3n) is 4.28. The first kappa shape index (κ1) is 16.6. The molecule has 0 bridgehead atoms. The molecule has 0 atom stereocenters. The maximum absolute atomic E-state index is 6.41. The standard InChI is InChI=1S/C17H27ClN2O/c1-20(13-14-5-3-4-6-14)16-8-7-15(17(18)11-16)12-19-9-10-21-2/h7-8,11,14,19H,3-6,9-10,12-13H2,1-2H3. The van der Waals surface area contributed by atoms with Gasteiger partial charge >= 0.3 is 0 Å². The topological polar surface area (TPSA) is 24.5 Å². The molecule has 1 N–H and O–H groups in total. The Kier molecular flexibility index (Phi) is 6.81. The number of nitrogens with zero attached hydrogens (tertiary/aromatic N) is 1. The van der Waals surface area contributed by atoms with E-state index in [4.69, 9.17) is 16.3 Å². The average Bonchev–Trinajstić information content (AvgIpc) is 2.97. The summed E-state index contributed by atoms with van der Waals surface area (Å²) in [4.78, 5) is 2.34. The highest BCUT2D eigenvalue weighted by molar-refractivity contribution is 6.31. The van der Waals surface area contributed by atoms with E-state index in [1.54, 1.807) is 7.11 Å². The molecular formula is C17H27ClN2O. The summed E-state index contributed by atoms with van der Waals surface area (Å²) in [5.41, 5.74) is 2.36. The lowest BCUT2D eigenvalue weighted by atomic mass is 10.1. The molecule has 0 amide bonds. The lowest BCUT2D eigenvalue weighted by Crippen LogP contribution is -2.24. The molecule has 0 aliphatic heterocycles. The molecule has 0 radical (unpaired) electrons. The number of halogens is 1. The highest BCUT2D eigenvalue weighted by atomic mass is 35.5. The van der Waals surface area contributed by atoms with Crippen molar-refractivity contribution in [3.8, 4) is 0 Å². The van der Waals surface area contributed by atoms with Crippen LogP contribution < -0.4 is 10.2 Å². The predicted octanol–water partition coefficient (Wildman–Crippen LogP) is 3.70. The van der Waals surface area contributed by atoms with Gasteiger partial charge in [0.2, 0.25) is 0 Å². The second-order valence-electron chi connectivity index (χ2n) is 5.98. The summed E-state index contributed by atoms with van der Waals surface area (Å²) in [6.07, 6.45) is 5.54. The monoisotopic (exact) mass is 310 g/mol. The van der Waals surface area contributed by atoms with Crippen LogP contribution in [0.3, 0.4) is 0 Å². The Morgan fingerprint density at radius 1 is 1.33 bits per heavy atom. The maximum Gasteiger partial charge on any atom is 0.0587 e. The zero-order valence-electron chi connectivity index (χ0n) is 13.2. The summed E-state index contributed by atoms with van der Waals surface area (Å²) >= 11 is 6.41. The van der Waals surface area contributed by atoms with Gasteiger partial charge in [0, 0.05) is 44.5 Å². The molecule has 2 rings (SSSR count). The summed E-state index contributed by atoms with van der Waals surface area (Å²) in [6, 6.07) is 6.39. The number of methoxy groups -OCH3 is 1. The molecule has 0 aromatic heterocycles. The first-order chi connectivity index (χ1) is 10.2. The maximum atomic E-state index is 6.41. The number of hydrogen-bond acceptors (Lipinski definition) is 3. The molecule has 4 heteroatoms. The summed E-state index contributed by atoms with van der Waals surface area (Å²) in [6.45, 7) is 3.49. The molecule has 0 spiro atoms. The first-order valence-corrected chi connectivity index (χ1v) is 8.27. The second kappa shape index (κ2) is 8.62. The van der Waals surface area contributed by atoms with E-state index in [0.717, 1.165) is 42.7 Å². The van der Waals surface area contributed by atoms with E-state index in [1.807, 2.05) is 0 Å². The van der Waals surface area contributed by atoms with Gasteiger partial charge in [0.05, 0.1) is 6.61 Å². The largest absolute Gasteiger partial charge is 0.383 e. The molecule has 1 aliphatic carbocycles. The second-order valence-corrected chi connectivity index (χ2v) is 6.38. The van der Waals surface area contributed by atoms with Crippen LogP contribution in [-0.2, 0) is 11.3 Å². The first-order valence-electron chi connectivity index (χ1n) is 7.90. The lowest BCUT2D eigenvalue weighted by molar-refractivity contribution is 0.199. The summed E-state index contributed by atoms with van der Waals surface area (Å²) in [5, 5.41) is 4.17. The van der Waals surface area contributed by atoms with E-state index < -0.39 is 0 Å². The highest BCUT2D eigenvalue weighted by Gasteiger charge is 2.17. The van der Waals surface area contributed by atoms with Crippen LogP contribution in [0.5, 0.6) is 0 Å². The SMILES string of the molecule is COCCNCc1ccc(N(C)CC2CCCC2)cc1Cl. The van der Waals surface area contributed by atoms with E-state index in [-0.39, 0.29) is 0 Å². The van der Waals surface area contributed by atoms with E-state index in [1.165, 1.54) is 31.4 Å². The van der Waals surface area contributed by atoms with Crippen LogP contribution in [0.25, 0.3) is 0 Å². The van der Waals surface area contributed by atoms with Gasteiger partial charge in [-0.25, -0.2) is 0 Å². The van der Waals surface area contributed by atoms with Gasteiger partial charge in [-0.15, -0.1) is 0 Å². The van der Waals surface area contributed by atoms with Crippen molar-refractivity contribution < 1.29 is 4.74 Å². The number of rotatable bonds is 8. The molecule has 118 valence electrons. The minimum Gasteiger partial charge on any atom is -0.383 e. The Hall–Kier alpha value is -0.770. The van der Waals surface area contributed by atoms with Crippen LogP contribution >= 0.6 is 11.6 Å². The number of nitrogens with one attached hydrogen (secondary N) is 1. The quantitative estimate of drug-likeness (QED) is 0.741. The van der Waals surface area contributed by atoms with Gasteiger partial charge in [-0.1, -0.05) is 30.5 Å². The summed E-state index contributed by atoms with van der Waals surface area (Å²) < 4.78 is 5.02. The molecule has 1 aliphatic rings. The molecule has 1 fully saturated rings. The smallest absolute Gasteiger partial charge is 0.0587 e. The molecule has 21 heavy (non-hydrogen) atoms. The Balaban J connectivity index is 1.87. The third-order valence-corrected chi connectivity index (χ3v) is 4.63. The van der Waals surface area contributed by atoms with Gasteiger partial charge in [0.1, 0.15) is 0 Å². The fraction of sp³-hybridized carbons (Fsp3) is 0.647. The van der Waals surface area contributed by atoms with Crippen molar-refractivity contribution >= 4 is 17.3 Å².